The Morgan fingerprint density at radius 1 is 0.889 bits per heavy atom. The molecule has 0 amide bonds. The van der Waals surface area contributed by atoms with E-state index in [0.717, 1.165) is 17.8 Å². The van der Waals surface area contributed by atoms with Crippen molar-refractivity contribution < 1.29 is 4.39 Å². The molecular formula is C16H18FN. The molecule has 0 fully saturated rings. The molecule has 18 heavy (non-hydrogen) atoms. The van der Waals surface area contributed by atoms with Gasteiger partial charge in [0.1, 0.15) is 0 Å². The van der Waals surface area contributed by atoms with E-state index in [1.54, 1.807) is 4.90 Å². The largest absolute Gasteiger partial charge is 0.311 e. The Balaban J connectivity index is 2.35. The van der Waals surface area contributed by atoms with Crippen LogP contribution in [0, 0.1) is 0 Å². The van der Waals surface area contributed by atoms with Crippen LogP contribution in [0.2, 0.25) is 0 Å². The molecule has 1 nitrogen and oxygen atoms in total. The molecule has 2 rings (SSSR count). The molecule has 0 bridgehead atoms. The molecule has 2 aromatic rings. The lowest BCUT2D eigenvalue weighted by molar-refractivity contribution is 0.318. The van der Waals surface area contributed by atoms with Gasteiger partial charge in [-0.25, -0.2) is 4.39 Å². The third-order valence-corrected chi connectivity index (χ3v) is 2.88. The van der Waals surface area contributed by atoms with Crippen molar-refractivity contribution in [1.82, 2.24) is 0 Å². The molecule has 0 heterocycles. The van der Waals surface area contributed by atoms with Gasteiger partial charge in [0.15, 0.2) is 6.30 Å². The normalized spacial score (nSPS) is 12.1. The minimum atomic E-state index is -0.986. The van der Waals surface area contributed by atoms with Crippen LogP contribution in [0.5, 0.6) is 0 Å². The van der Waals surface area contributed by atoms with Gasteiger partial charge in [-0.2, -0.15) is 0 Å². The fourth-order valence-electron chi connectivity index (χ4n) is 2.02. The molecule has 0 spiro atoms. The van der Waals surface area contributed by atoms with E-state index in [1.807, 2.05) is 67.6 Å². The van der Waals surface area contributed by atoms with Crippen LogP contribution >= 0.6 is 0 Å². The second-order valence-electron chi connectivity index (χ2n) is 4.26. The fourth-order valence-corrected chi connectivity index (χ4v) is 2.02. The predicted molar refractivity (Wildman–Crippen MR) is 74.8 cm³/mol. The Labute approximate surface area is 108 Å². The number of halogens is 1. The standard InChI is InChI=1S/C16H18FN/c1-2-9-16(17)18(14-10-5-3-6-11-14)15-12-7-4-8-13-15/h3-8,10-13,16H,2,9H2,1H3. The SMILES string of the molecule is CCCC(F)N(c1ccccc1)c1ccccc1. The second-order valence-corrected chi connectivity index (χ2v) is 4.26. The molecule has 0 radical (unpaired) electrons. The molecule has 0 saturated carbocycles. The predicted octanol–water partition coefficient (Wildman–Crippen LogP) is 4.92. The molecule has 2 aromatic carbocycles. The summed E-state index contributed by atoms with van der Waals surface area (Å²) in [6.07, 6.45) is 0.376. The molecule has 1 unspecified atom stereocenters. The Morgan fingerprint density at radius 2 is 1.33 bits per heavy atom. The average molecular weight is 243 g/mol. The summed E-state index contributed by atoms with van der Waals surface area (Å²) in [6, 6.07) is 19.4. The Bertz CT molecular complexity index is 416. The van der Waals surface area contributed by atoms with E-state index in [2.05, 4.69) is 0 Å². The molecule has 2 heteroatoms. The van der Waals surface area contributed by atoms with E-state index in [0.29, 0.717) is 6.42 Å². The number of hydrogen-bond donors (Lipinski definition) is 0. The summed E-state index contributed by atoms with van der Waals surface area (Å²) >= 11 is 0. The van der Waals surface area contributed by atoms with Gasteiger partial charge in [0, 0.05) is 11.4 Å². The number of benzene rings is 2. The number of nitrogens with zero attached hydrogens (tertiary/aromatic N) is 1. The van der Waals surface area contributed by atoms with Gasteiger partial charge in [0.25, 0.3) is 0 Å². The first-order valence-corrected chi connectivity index (χ1v) is 6.36. The number of hydrogen-bond acceptors (Lipinski definition) is 1. The van der Waals surface area contributed by atoms with E-state index >= 15 is 0 Å². The Hall–Kier alpha value is -1.83. The molecule has 0 aliphatic carbocycles. The zero-order chi connectivity index (χ0) is 12.8. The molecule has 0 N–H and O–H groups in total. The van der Waals surface area contributed by atoms with Crippen molar-refractivity contribution in [3.63, 3.8) is 0 Å². The molecule has 1 atom stereocenters. The van der Waals surface area contributed by atoms with Gasteiger partial charge >= 0.3 is 0 Å². The molecule has 0 aromatic heterocycles. The van der Waals surface area contributed by atoms with Gasteiger partial charge in [-0.1, -0.05) is 49.7 Å². The monoisotopic (exact) mass is 243 g/mol. The molecule has 0 saturated heterocycles. The van der Waals surface area contributed by atoms with Gasteiger partial charge in [-0.15, -0.1) is 0 Å². The van der Waals surface area contributed by atoms with Crippen molar-refractivity contribution in [1.29, 1.82) is 0 Å². The second kappa shape index (κ2) is 6.20. The first-order chi connectivity index (χ1) is 8.83. The highest BCUT2D eigenvalue weighted by Gasteiger charge is 2.18. The van der Waals surface area contributed by atoms with Crippen LogP contribution in [0.4, 0.5) is 15.8 Å². The van der Waals surface area contributed by atoms with Gasteiger partial charge in [0.2, 0.25) is 0 Å². The first-order valence-electron chi connectivity index (χ1n) is 6.36. The maximum atomic E-state index is 14.4. The third kappa shape index (κ3) is 2.89. The lowest BCUT2D eigenvalue weighted by atomic mass is 10.2. The van der Waals surface area contributed by atoms with Crippen molar-refractivity contribution in [2.24, 2.45) is 0 Å². The maximum absolute atomic E-state index is 14.4. The molecule has 0 aliphatic rings. The quantitative estimate of drug-likeness (QED) is 0.674. The summed E-state index contributed by atoms with van der Waals surface area (Å²) in [4.78, 5) is 1.75. The fraction of sp³-hybridized carbons (Fsp3) is 0.250. The molecular weight excluding hydrogens is 225 g/mol. The van der Waals surface area contributed by atoms with E-state index in [-0.39, 0.29) is 0 Å². The lowest BCUT2D eigenvalue weighted by Crippen LogP contribution is -2.26. The van der Waals surface area contributed by atoms with Crippen LogP contribution in [0.15, 0.2) is 60.7 Å². The molecule has 94 valence electrons. The third-order valence-electron chi connectivity index (χ3n) is 2.88. The van der Waals surface area contributed by atoms with Crippen LogP contribution in [0.1, 0.15) is 19.8 Å². The van der Waals surface area contributed by atoms with Gasteiger partial charge in [0.05, 0.1) is 0 Å². The van der Waals surface area contributed by atoms with Crippen LogP contribution in [-0.2, 0) is 0 Å². The van der Waals surface area contributed by atoms with E-state index < -0.39 is 6.30 Å². The summed E-state index contributed by atoms with van der Waals surface area (Å²) in [5.41, 5.74) is 1.79. The minimum absolute atomic E-state index is 0.532. The van der Waals surface area contributed by atoms with Crippen molar-refractivity contribution in [2.45, 2.75) is 26.1 Å². The van der Waals surface area contributed by atoms with E-state index in [1.165, 1.54) is 0 Å². The van der Waals surface area contributed by atoms with E-state index in [9.17, 15) is 4.39 Å². The molecule has 0 aliphatic heterocycles. The highest BCUT2D eigenvalue weighted by Crippen LogP contribution is 2.29. The maximum Gasteiger partial charge on any atom is 0.176 e. The highest BCUT2D eigenvalue weighted by molar-refractivity contribution is 5.63. The Kier molecular flexibility index (Phi) is 4.35. The number of alkyl halides is 1. The summed E-state index contributed by atoms with van der Waals surface area (Å²) in [6.45, 7) is 2.00. The van der Waals surface area contributed by atoms with E-state index in [4.69, 9.17) is 0 Å². The summed E-state index contributed by atoms with van der Waals surface area (Å²) < 4.78 is 14.4. The number of rotatable bonds is 5. The van der Waals surface area contributed by atoms with Crippen LogP contribution in [0.25, 0.3) is 0 Å². The Morgan fingerprint density at radius 3 is 1.72 bits per heavy atom. The van der Waals surface area contributed by atoms with Gasteiger partial charge in [-0.05, 0) is 30.7 Å². The topological polar surface area (TPSA) is 3.24 Å². The average Bonchev–Trinajstić information content (AvgIpc) is 2.42. The smallest absolute Gasteiger partial charge is 0.176 e. The summed E-state index contributed by atoms with van der Waals surface area (Å²) in [5.74, 6) is 0. The van der Waals surface area contributed by atoms with Crippen LogP contribution in [-0.4, -0.2) is 6.30 Å². The minimum Gasteiger partial charge on any atom is -0.311 e. The highest BCUT2D eigenvalue weighted by atomic mass is 19.1. The van der Waals surface area contributed by atoms with Crippen LogP contribution < -0.4 is 4.90 Å². The number of anilines is 2. The lowest BCUT2D eigenvalue weighted by Gasteiger charge is -2.28. The van der Waals surface area contributed by atoms with Crippen molar-refractivity contribution in [3.05, 3.63) is 60.7 Å². The zero-order valence-electron chi connectivity index (χ0n) is 10.6. The van der Waals surface area contributed by atoms with Gasteiger partial charge < -0.3 is 4.90 Å². The van der Waals surface area contributed by atoms with Crippen LogP contribution in [0.3, 0.4) is 0 Å². The first kappa shape index (κ1) is 12.6. The summed E-state index contributed by atoms with van der Waals surface area (Å²) in [5, 5.41) is 0. The summed E-state index contributed by atoms with van der Waals surface area (Å²) in [7, 11) is 0. The van der Waals surface area contributed by atoms with Crippen molar-refractivity contribution in [3.8, 4) is 0 Å². The zero-order valence-corrected chi connectivity index (χ0v) is 10.6. The van der Waals surface area contributed by atoms with Gasteiger partial charge in [-0.3, -0.25) is 0 Å². The number of para-hydroxylation sites is 2. The van der Waals surface area contributed by atoms with Crippen molar-refractivity contribution >= 4 is 11.4 Å². The van der Waals surface area contributed by atoms with Crippen molar-refractivity contribution in [2.75, 3.05) is 4.90 Å².